The van der Waals surface area contributed by atoms with Crippen LogP contribution in [0.3, 0.4) is 0 Å². The highest BCUT2D eigenvalue weighted by Crippen LogP contribution is 2.35. The van der Waals surface area contributed by atoms with E-state index in [2.05, 4.69) is 60.8 Å². The molecule has 0 aliphatic rings. The molecule has 1 heterocycles. The van der Waals surface area contributed by atoms with Gasteiger partial charge in [0.15, 0.2) is 0 Å². The van der Waals surface area contributed by atoms with Gasteiger partial charge in [-0.15, -0.1) is 11.3 Å². The normalized spacial score (nSPS) is 11.6. The summed E-state index contributed by atoms with van der Waals surface area (Å²) in [6.07, 6.45) is 0. The Morgan fingerprint density at radius 2 is 1.61 bits per heavy atom. The molecule has 0 amide bonds. The minimum absolute atomic E-state index is 1.32. The second-order valence-electron chi connectivity index (χ2n) is 4.74. The van der Waals surface area contributed by atoms with Crippen LogP contribution in [0.15, 0.2) is 53.9 Å². The minimum Gasteiger partial charge on any atom is -0.144 e. The molecule has 0 radical (unpaired) electrons. The third-order valence-corrected chi connectivity index (χ3v) is 4.71. The first-order valence-electron chi connectivity index (χ1n) is 6.13. The lowest BCUT2D eigenvalue weighted by Gasteiger charge is -2.05. The molecule has 1 aromatic heterocycles. The van der Waals surface area contributed by atoms with E-state index in [1.807, 2.05) is 11.3 Å². The highest BCUT2D eigenvalue weighted by molar-refractivity contribution is 7.17. The van der Waals surface area contributed by atoms with Crippen molar-refractivity contribution in [3.63, 3.8) is 0 Å². The van der Waals surface area contributed by atoms with Gasteiger partial charge in [0.2, 0.25) is 0 Å². The summed E-state index contributed by atoms with van der Waals surface area (Å²) in [6, 6.07) is 17.6. The van der Waals surface area contributed by atoms with Gasteiger partial charge in [0.25, 0.3) is 0 Å². The Kier molecular flexibility index (Phi) is 2.00. The van der Waals surface area contributed by atoms with Crippen LogP contribution >= 0.6 is 11.3 Å². The van der Waals surface area contributed by atoms with Gasteiger partial charge in [0.1, 0.15) is 0 Å². The second kappa shape index (κ2) is 3.56. The number of hydrogen-bond acceptors (Lipinski definition) is 1. The quantitative estimate of drug-likeness (QED) is 0.360. The van der Waals surface area contributed by atoms with Crippen LogP contribution in [0.5, 0.6) is 0 Å². The van der Waals surface area contributed by atoms with Gasteiger partial charge in [-0.05, 0) is 45.5 Å². The summed E-state index contributed by atoms with van der Waals surface area (Å²) in [6.45, 7) is 2.20. The smallest absolute Gasteiger partial charge is 0.0351 e. The molecule has 4 aromatic rings. The van der Waals surface area contributed by atoms with Gasteiger partial charge in [-0.25, -0.2) is 0 Å². The summed E-state index contributed by atoms with van der Waals surface area (Å²) >= 11 is 1.83. The molecular weight excluding hydrogens is 236 g/mol. The average molecular weight is 248 g/mol. The molecule has 0 atom stereocenters. The Bertz CT molecular complexity index is 884. The van der Waals surface area contributed by atoms with Crippen molar-refractivity contribution in [2.24, 2.45) is 0 Å². The largest absolute Gasteiger partial charge is 0.144 e. The summed E-state index contributed by atoms with van der Waals surface area (Å²) in [7, 11) is 0. The van der Waals surface area contributed by atoms with Crippen molar-refractivity contribution < 1.29 is 0 Å². The SMILES string of the molecule is Cc1csc2ccc3c4ccccc4ccc3c12. The Morgan fingerprint density at radius 3 is 2.56 bits per heavy atom. The van der Waals surface area contributed by atoms with Crippen LogP contribution < -0.4 is 0 Å². The predicted octanol–water partition coefficient (Wildman–Crippen LogP) is 5.52. The molecule has 0 N–H and O–H groups in total. The number of benzene rings is 3. The molecule has 0 fully saturated rings. The van der Waals surface area contributed by atoms with Gasteiger partial charge >= 0.3 is 0 Å². The monoisotopic (exact) mass is 248 g/mol. The summed E-state index contributed by atoms with van der Waals surface area (Å²) in [5, 5.41) is 9.08. The zero-order chi connectivity index (χ0) is 12.1. The van der Waals surface area contributed by atoms with Gasteiger partial charge in [-0.3, -0.25) is 0 Å². The second-order valence-corrected chi connectivity index (χ2v) is 5.65. The molecule has 0 saturated carbocycles. The first-order chi connectivity index (χ1) is 8.84. The number of thiophene rings is 1. The van der Waals surface area contributed by atoms with Crippen molar-refractivity contribution in [3.8, 4) is 0 Å². The van der Waals surface area contributed by atoms with Gasteiger partial charge in [0.05, 0.1) is 0 Å². The highest BCUT2D eigenvalue weighted by atomic mass is 32.1. The summed E-state index contributed by atoms with van der Waals surface area (Å²) in [4.78, 5) is 0. The van der Waals surface area contributed by atoms with Gasteiger partial charge in [-0.2, -0.15) is 0 Å². The van der Waals surface area contributed by atoms with Crippen LogP contribution in [0.2, 0.25) is 0 Å². The maximum atomic E-state index is 2.26. The molecule has 0 bridgehead atoms. The van der Waals surface area contributed by atoms with Crippen LogP contribution in [-0.2, 0) is 0 Å². The third kappa shape index (κ3) is 1.25. The van der Waals surface area contributed by atoms with Crippen LogP contribution in [0.1, 0.15) is 5.56 Å². The lowest BCUT2D eigenvalue weighted by Crippen LogP contribution is -1.79. The highest BCUT2D eigenvalue weighted by Gasteiger charge is 2.07. The molecule has 1 heteroatoms. The van der Waals surface area contributed by atoms with E-state index in [0.717, 1.165) is 0 Å². The first kappa shape index (κ1) is 10.1. The van der Waals surface area contributed by atoms with Crippen molar-refractivity contribution in [2.45, 2.75) is 6.92 Å². The molecule has 0 unspecified atom stereocenters. The van der Waals surface area contributed by atoms with Gasteiger partial charge < -0.3 is 0 Å². The Labute approximate surface area is 109 Å². The fourth-order valence-electron chi connectivity index (χ4n) is 2.78. The van der Waals surface area contributed by atoms with E-state index in [9.17, 15) is 0 Å². The van der Waals surface area contributed by atoms with Crippen molar-refractivity contribution in [1.82, 2.24) is 0 Å². The molecular formula is C17H12S. The molecule has 4 rings (SSSR count). The van der Waals surface area contributed by atoms with E-state index in [4.69, 9.17) is 0 Å². The topological polar surface area (TPSA) is 0 Å². The maximum absolute atomic E-state index is 2.26. The van der Waals surface area contributed by atoms with Crippen molar-refractivity contribution >= 4 is 43.0 Å². The molecule has 86 valence electrons. The van der Waals surface area contributed by atoms with Crippen LogP contribution in [-0.4, -0.2) is 0 Å². The Morgan fingerprint density at radius 1 is 0.778 bits per heavy atom. The van der Waals surface area contributed by atoms with Crippen molar-refractivity contribution in [3.05, 3.63) is 59.5 Å². The van der Waals surface area contributed by atoms with Crippen LogP contribution in [0.25, 0.3) is 31.6 Å². The number of rotatable bonds is 0. The predicted molar refractivity (Wildman–Crippen MR) is 81.6 cm³/mol. The number of hydrogen-bond donors (Lipinski definition) is 0. The summed E-state index contributed by atoms with van der Waals surface area (Å²) in [5.41, 5.74) is 1.39. The van der Waals surface area contributed by atoms with E-state index in [1.54, 1.807) is 0 Å². The van der Waals surface area contributed by atoms with E-state index in [-0.39, 0.29) is 0 Å². The standard InChI is InChI=1S/C17H12S/c1-11-10-18-16-9-8-14-13-5-3-2-4-12(13)6-7-15(14)17(11)16/h2-10H,1H3. The fourth-order valence-corrected chi connectivity index (χ4v) is 3.74. The fraction of sp³-hybridized carbons (Fsp3) is 0.0588. The van der Waals surface area contributed by atoms with Crippen LogP contribution in [0.4, 0.5) is 0 Å². The minimum atomic E-state index is 1.32. The van der Waals surface area contributed by atoms with Crippen molar-refractivity contribution in [2.75, 3.05) is 0 Å². The molecule has 0 aliphatic heterocycles. The molecule has 0 saturated heterocycles. The maximum Gasteiger partial charge on any atom is 0.0351 e. The molecule has 18 heavy (non-hydrogen) atoms. The zero-order valence-electron chi connectivity index (χ0n) is 10.1. The Balaban J connectivity index is 2.34. The van der Waals surface area contributed by atoms with Crippen molar-refractivity contribution in [1.29, 1.82) is 0 Å². The van der Waals surface area contributed by atoms with E-state index >= 15 is 0 Å². The van der Waals surface area contributed by atoms with Gasteiger partial charge in [0, 0.05) is 10.1 Å². The summed E-state index contributed by atoms with van der Waals surface area (Å²) in [5.74, 6) is 0. The molecule has 0 aliphatic carbocycles. The van der Waals surface area contributed by atoms with Gasteiger partial charge in [-0.1, -0.05) is 42.5 Å². The first-order valence-corrected chi connectivity index (χ1v) is 7.01. The van der Waals surface area contributed by atoms with E-state index in [0.29, 0.717) is 0 Å². The third-order valence-electron chi connectivity index (χ3n) is 3.64. The number of aryl methyl sites for hydroxylation is 1. The number of fused-ring (bicyclic) bond motifs is 5. The molecule has 0 spiro atoms. The molecule has 3 aromatic carbocycles. The molecule has 0 nitrogen and oxygen atoms in total. The Hall–Kier alpha value is -1.86. The average Bonchev–Trinajstić information content (AvgIpc) is 2.80. The summed E-state index contributed by atoms with van der Waals surface area (Å²) < 4.78 is 1.38. The van der Waals surface area contributed by atoms with E-state index < -0.39 is 0 Å². The lowest BCUT2D eigenvalue weighted by atomic mass is 9.99. The van der Waals surface area contributed by atoms with E-state index in [1.165, 1.54) is 37.2 Å². The van der Waals surface area contributed by atoms with Crippen LogP contribution in [0, 0.1) is 6.92 Å². The lowest BCUT2D eigenvalue weighted by molar-refractivity contribution is 1.61. The zero-order valence-corrected chi connectivity index (χ0v) is 10.9.